The maximum atomic E-state index is 11.9. The lowest BCUT2D eigenvalue weighted by molar-refractivity contribution is -0.116. The quantitative estimate of drug-likeness (QED) is 0.319. The molecule has 0 unspecified atom stereocenters. The first-order chi connectivity index (χ1) is 13.3. The van der Waals surface area contributed by atoms with Crippen LogP contribution in [-0.4, -0.2) is 16.8 Å². The van der Waals surface area contributed by atoms with E-state index in [1.165, 1.54) is 18.2 Å². The number of allylic oxidation sites excluding steroid dienone is 9. The van der Waals surface area contributed by atoms with E-state index in [0.717, 1.165) is 17.6 Å². The Morgan fingerprint density at radius 1 is 1.00 bits per heavy atom. The number of ketones is 1. The lowest BCUT2D eigenvalue weighted by Crippen LogP contribution is -2.24. The van der Waals surface area contributed by atoms with Crippen LogP contribution in [0.3, 0.4) is 0 Å². The summed E-state index contributed by atoms with van der Waals surface area (Å²) in [7, 11) is 0. The summed E-state index contributed by atoms with van der Waals surface area (Å²) in [5, 5.41) is 11.9. The number of phenolic OH excluding ortho intramolecular Hbond substituents is 1. The standard InChI is InChI=1S/C24H27NO3.2CH4/c1-18-21(24(2,3)17-16-22(18)27)10-8-6-4-5-7-9-11-23(28)25-19-12-14-20(26)15-13-19;;/h4-15,26H,16-17H2,1-3H3,(H,25,28);2*1H4/b6-4+,7-5+,10-8+,11-9+;;. The molecule has 0 radical (unpaired) electrons. The van der Waals surface area contributed by atoms with E-state index in [0.29, 0.717) is 12.1 Å². The Labute approximate surface area is 181 Å². The van der Waals surface area contributed by atoms with Gasteiger partial charge in [0.25, 0.3) is 0 Å². The average molecular weight is 410 g/mol. The number of phenols is 1. The number of anilines is 1. The van der Waals surface area contributed by atoms with Crippen LogP contribution in [0.5, 0.6) is 5.75 Å². The monoisotopic (exact) mass is 409 g/mol. The first-order valence-electron chi connectivity index (χ1n) is 9.32. The minimum atomic E-state index is -0.245. The Bertz CT molecular complexity index is 866. The van der Waals surface area contributed by atoms with Crippen molar-refractivity contribution in [2.75, 3.05) is 5.32 Å². The van der Waals surface area contributed by atoms with Crippen molar-refractivity contribution in [2.45, 2.75) is 48.5 Å². The SMILES string of the molecule is C.C.CC1=C(/C=C/C=C/C=C/C=C/C(=O)Nc2ccc(O)cc2)C(C)(C)CCC1=O. The third kappa shape index (κ3) is 8.08. The molecule has 0 heterocycles. The molecular formula is C26H35NO3. The normalized spacial score (nSPS) is 16.3. The number of hydrogen-bond donors (Lipinski definition) is 2. The lowest BCUT2D eigenvalue weighted by Gasteiger charge is -2.31. The van der Waals surface area contributed by atoms with Gasteiger partial charge in [0.05, 0.1) is 0 Å². The van der Waals surface area contributed by atoms with E-state index >= 15 is 0 Å². The third-order valence-electron chi connectivity index (χ3n) is 4.73. The van der Waals surface area contributed by atoms with Gasteiger partial charge >= 0.3 is 0 Å². The smallest absolute Gasteiger partial charge is 0.248 e. The summed E-state index contributed by atoms with van der Waals surface area (Å²) in [4.78, 5) is 23.7. The summed E-state index contributed by atoms with van der Waals surface area (Å²) in [5.41, 5.74) is 2.60. The van der Waals surface area contributed by atoms with Gasteiger partial charge in [-0.15, -0.1) is 0 Å². The molecule has 162 valence electrons. The predicted molar refractivity (Wildman–Crippen MR) is 127 cm³/mol. The van der Waals surface area contributed by atoms with Gasteiger partial charge in [-0.25, -0.2) is 0 Å². The Hall–Kier alpha value is -3.14. The highest BCUT2D eigenvalue weighted by Gasteiger charge is 2.30. The van der Waals surface area contributed by atoms with E-state index < -0.39 is 0 Å². The number of benzene rings is 1. The van der Waals surface area contributed by atoms with E-state index in [9.17, 15) is 14.7 Å². The molecule has 4 nitrogen and oxygen atoms in total. The molecule has 1 aromatic carbocycles. The highest BCUT2D eigenvalue weighted by atomic mass is 16.3. The molecule has 2 N–H and O–H groups in total. The Kier molecular flexibility index (Phi) is 11.1. The number of hydrogen-bond acceptors (Lipinski definition) is 3. The van der Waals surface area contributed by atoms with Crippen LogP contribution in [0.15, 0.2) is 84.0 Å². The minimum absolute atomic E-state index is 0. The zero-order chi connectivity index (χ0) is 20.6. The fourth-order valence-corrected chi connectivity index (χ4v) is 3.04. The molecule has 2 rings (SSSR count). The highest BCUT2D eigenvalue weighted by Crippen LogP contribution is 2.39. The maximum Gasteiger partial charge on any atom is 0.248 e. The summed E-state index contributed by atoms with van der Waals surface area (Å²) in [6.07, 6.45) is 15.9. The van der Waals surface area contributed by atoms with Crippen LogP contribution in [0.25, 0.3) is 0 Å². The molecule has 0 aromatic heterocycles. The zero-order valence-corrected chi connectivity index (χ0v) is 16.6. The molecule has 1 aliphatic rings. The summed E-state index contributed by atoms with van der Waals surface area (Å²) in [6, 6.07) is 6.29. The highest BCUT2D eigenvalue weighted by molar-refractivity contribution is 5.99. The number of carbonyl (C=O) groups excluding carboxylic acids is 2. The number of amides is 1. The molecule has 1 aromatic rings. The average Bonchev–Trinajstić information content (AvgIpc) is 2.65. The van der Waals surface area contributed by atoms with Gasteiger partial charge in [-0.2, -0.15) is 0 Å². The van der Waals surface area contributed by atoms with Crippen LogP contribution in [0.1, 0.15) is 48.5 Å². The number of Topliss-reactive ketones (excluding diaryl/α,β-unsaturated/α-hetero) is 1. The zero-order valence-electron chi connectivity index (χ0n) is 16.6. The van der Waals surface area contributed by atoms with Gasteiger partial charge < -0.3 is 10.4 Å². The predicted octanol–water partition coefficient (Wildman–Crippen LogP) is 6.53. The second-order valence-corrected chi connectivity index (χ2v) is 7.37. The molecule has 1 amide bonds. The second-order valence-electron chi connectivity index (χ2n) is 7.37. The number of nitrogens with one attached hydrogen (secondary N) is 1. The summed E-state index contributed by atoms with van der Waals surface area (Å²) >= 11 is 0. The van der Waals surface area contributed by atoms with Gasteiger partial charge in [0.2, 0.25) is 5.91 Å². The lowest BCUT2D eigenvalue weighted by atomic mass is 9.72. The van der Waals surface area contributed by atoms with Crippen LogP contribution in [-0.2, 0) is 9.59 Å². The molecule has 0 fully saturated rings. The largest absolute Gasteiger partial charge is 0.508 e. The second kappa shape index (κ2) is 12.4. The molecule has 0 saturated heterocycles. The molecule has 0 aliphatic heterocycles. The van der Waals surface area contributed by atoms with E-state index in [-0.39, 0.29) is 37.7 Å². The van der Waals surface area contributed by atoms with Crippen LogP contribution in [0, 0.1) is 5.41 Å². The van der Waals surface area contributed by atoms with Crippen LogP contribution in [0.2, 0.25) is 0 Å². The topological polar surface area (TPSA) is 66.4 Å². The van der Waals surface area contributed by atoms with E-state index in [4.69, 9.17) is 0 Å². The minimum Gasteiger partial charge on any atom is -0.508 e. The molecule has 0 atom stereocenters. The summed E-state index contributed by atoms with van der Waals surface area (Å²) in [6.45, 7) is 6.24. The van der Waals surface area contributed by atoms with E-state index in [2.05, 4.69) is 19.2 Å². The summed E-state index contributed by atoms with van der Waals surface area (Å²) < 4.78 is 0. The molecular weight excluding hydrogens is 374 g/mol. The maximum absolute atomic E-state index is 11.9. The van der Waals surface area contributed by atoms with Crippen LogP contribution < -0.4 is 5.32 Å². The Morgan fingerprint density at radius 3 is 2.20 bits per heavy atom. The van der Waals surface area contributed by atoms with Crippen molar-refractivity contribution in [2.24, 2.45) is 5.41 Å². The molecule has 1 aliphatic carbocycles. The third-order valence-corrected chi connectivity index (χ3v) is 4.73. The number of carbonyl (C=O) groups is 2. The fraction of sp³-hybridized carbons (Fsp3) is 0.308. The van der Waals surface area contributed by atoms with Gasteiger partial charge in [-0.1, -0.05) is 71.2 Å². The van der Waals surface area contributed by atoms with E-state index in [1.54, 1.807) is 24.3 Å². The molecule has 30 heavy (non-hydrogen) atoms. The van der Waals surface area contributed by atoms with Crippen LogP contribution in [0.4, 0.5) is 5.69 Å². The van der Waals surface area contributed by atoms with Crippen molar-refractivity contribution in [3.05, 3.63) is 84.0 Å². The molecule has 4 heteroatoms. The van der Waals surface area contributed by atoms with Crippen molar-refractivity contribution in [1.82, 2.24) is 0 Å². The van der Waals surface area contributed by atoms with Gasteiger partial charge in [0, 0.05) is 18.2 Å². The first-order valence-corrected chi connectivity index (χ1v) is 9.32. The van der Waals surface area contributed by atoms with Crippen molar-refractivity contribution in [1.29, 1.82) is 0 Å². The van der Waals surface area contributed by atoms with Crippen LogP contribution >= 0.6 is 0 Å². The van der Waals surface area contributed by atoms with Crippen molar-refractivity contribution >= 4 is 17.4 Å². The van der Waals surface area contributed by atoms with Gasteiger partial charge in [-0.3, -0.25) is 9.59 Å². The number of rotatable bonds is 6. The fourth-order valence-electron chi connectivity index (χ4n) is 3.04. The first kappa shape index (κ1) is 26.9. The molecule has 0 bridgehead atoms. The molecule has 0 saturated carbocycles. The van der Waals surface area contributed by atoms with Gasteiger partial charge in [0.1, 0.15) is 5.75 Å². The van der Waals surface area contributed by atoms with Gasteiger partial charge in [-0.05, 0) is 54.2 Å². The van der Waals surface area contributed by atoms with E-state index in [1.807, 2.05) is 37.3 Å². The Morgan fingerprint density at radius 2 is 1.57 bits per heavy atom. The van der Waals surface area contributed by atoms with Crippen molar-refractivity contribution in [3.8, 4) is 5.75 Å². The van der Waals surface area contributed by atoms with Crippen molar-refractivity contribution in [3.63, 3.8) is 0 Å². The Balaban J connectivity index is 0.00000420. The summed E-state index contributed by atoms with van der Waals surface area (Å²) in [5.74, 6) is 0.145. The molecule has 0 spiro atoms. The van der Waals surface area contributed by atoms with Gasteiger partial charge in [0.15, 0.2) is 5.78 Å². The van der Waals surface area contributed by atoms with Crippen molar-refractivity contribution < 1.29 is 14.7 Å². The number of aromatic hydroxyl groups is 1.